The summed E-state index contributed by atoms with van der Waals surface area (Å²) in [6.45, 7) is 8.67. The van der Waals surface area contributed by atoms with Gasteiger partial charge in [0.2, 0.25) is 0 Å². The van der Waals surface area contributed by atoms with Gasteiger partial charge in [0.05, 0.1) is 10.6 Å². The van der Waals surface area contributed by atoms with Crippen LogP contribution in [0.2, 0.25) is 5.02 Å². The molecule has 0 atom stereocenters. The number of nitrogens with zero attached hydrogens (tertiary/aromatic N) is 2. The zero-order valence-corrected chi connectivity index (χ0v) is 16.4. The summed E-state index contributed by atoms with van der Waals surface area (Å²) in [6, 6.07) is 5.54. The van der Waals surface area contributed by atoms with E-state index < -0.39 is 5.60 Å². The van der Waals surface area contributed by atoms with Crippen molar-refractivity contribution >= 4 is 23.6 Å². The molecule has 1 aromatic carbocycles. The van der Waals surface area contributed by atoms with Crippen LogP contribution < -0.4 is 0 Å². The number of hydrogen-bond donors (Lipinski definition) is 0. The average Bonchev–Trinajstić information content (AvgIpc) is 2.52. The number of piperidine rings is 1. The van der Waals surface area contributed by atoms with Crippen LogP contribution >= 0.6 is 11.6 Å². The number of ether oxygens (including phenoxy) is 1. The fraction of sp³-hybridized carbons (Fsp3) is 0.579. The Balaban J connectivity index is 1.95. The molecule has 0 radical (unpaired) electrons. The van der Waals surface area contributed by atoms with Gasteiger partial charge in [-0.05, 0) is 58.2 Å². The fourth-order valence-electron chi connectivity index (χ4n) is 2.91. The van der Waals surface area contributed by atoms with Gasteiger partial charge in [0, 0.05) is 26.2 Å². The maximum Gasteiger partial charge on any atom is 0.410 e. The first-order valence-corrected chi connectivity index (χ1v) is 8.97. The smallest absolute Gasteiger partial charge is 0.410 e. The molecule has 1 aliphatic heterocycles. The lowest BCUT2D eigenvalue weighted by Crippen LogP contribution is -2.48. The number of benzene rings is 1. The Morgan fingerprint density at radius 1 is 1.24 bits per heavy atom. The van der Waals surface area contributed by atoms with Gasteiger partial charge in [-0.1, -0.05) is 17.7 Å². The molecule has 0 unspecified atom stereocenters. The van der Waals surface area contributed by atoms with Gasteiger partial charge in [-0.3, -0.25) is 4.79 Å². The van der Waals surface area contributed by atoms with Crippen LogP contribution in [0.3, 0.4) is 0 Å². The first-order valence-electron chi connectivity index (χ1n) is 8.60. The molecule has 5 nitrogen and oxygen atoms in total. The van der Waals surface area contributed by atoms with Crippen LogP contribution in [-0.2, 0) is 4.74 Å². The molecule has 2 rings (SSSR count). The molecule has 1 aromatic rings. The van der Waals surface area contributed by atoms with E-state index in [1.54, 1.807) is 29.0 Å². The molecule has 1 fully saturated rings. The van der Waals surface area contributed by atoms with Gasteiger partial charge in [-0.15, -0.1) is 0 Å². The summed E-state index contributed by atoms with van der Waals surface area (Å²) >= 11 is 6.22. The van der Waals surface area contributed by atoms with Crippen molar-refractivity contribution in [1.29, 1.82) is 0 Å². The number of carbonyl (C=O) groups is 2. The Labute approximate surface area is 154 Å². The highest BCUT2D eigenvalue weighted by atomic mass is 35.5. The number of likely N-dealkylation sites (tertiary alicyclic amines) is 1. The zero-order chi connectivity index (χ0) is 18.8. The van der Waals surface area contributed by atoms with Crippen molar-refractivity contribution in [2.75, 3.05) is 20.1 Å². The molecule has 138 valence electrons. The van der Waals surface area contributed by atoms with Gasteiger partial charge in [0.15, 0.2) is 0 Å². The number of hydrogen-bond acceptors (Lipinski definition) is 3. The third kappa shape index (κ3) is 5.11. The standard InChI is InChI=1S/C19H27ClN2O3/c1-13-6-7-15(16(20)12-13)17(23)21(5)14-8-10-22(11-9-14)18(24)25-19(2,3)4/h6-7,12,14H,8-11H2,1-5H3. The van der Waals surface area contributed by atoms with Gasteiger partial charge in [0.1, 0.15) is 5.60 Å². The third-order valence-electron chi connectivity index (χ3n) is 4.34. The van der Waals surface area contributed by atoms with Crippen LogP contribution in [-0.4, -0.2) is 53.6 Å². The predicted molar refractivity (Wildman–Crippen MR) is 99.1 cm³/mol. The second-order valence-corrected chi connectivity index (χ2v) is 8.01. The minimum absolute atomic E-state index is 0.0827. The average molecular weight is 367 g/mol. The fourth-order valence-corrected chi connectivity index (χ4v) is 3.23. The summed E-state index contributed by atoms with van der Waals surface area (Å²) in [7, 11) is 1.80. The van der Waals surface area contributed by atoms with Crippen molar-refractivity contribution in [2.24, 2.45) is 0 Å². The minimum atomic E-state index is -0.497. The molecular formula is C19H27ClN2O3. The molecule has 0 spiro atoms. The molecule has 0 saturated carbocycles. The number of amides is 2. The van der Waals surface area contributed by atoms with E-state index in [4.69, 9.17) is 16.3 Å². The molecule has 25 heavy (non-hydrogen) atoms. The zero-order valence-electron chi connectivity index (χ0n) is 15.6. The summed E-state index contributed by atoms with van der Waals surface area (Å²) in [5, 5.41) is 0.475. The van der Waals surface area contributed by atoms with E-state index in [-0.39, 0.29) is 18.0 Å². The van der Waals surface area contributed by atoms with E-state index in [1.165, 1.54) is 0 Å². The van der Waals surface area contributed by atoms with E-state index in [0.717, 1.165) is 18.4 Å². The Morgan fingerprint density at radius 3 is 2.36 bits per heavy atom. The lowest BCUT2D eigenvalue weighted by Gasteiger charge is -2.37. The predicted octanol–water partition coefficient (Wildman–Crippen LogP) is 4.12. The summed E-state index contributed by atoms with van der Waals surface area (Å²) in [4.78, 5) is 28.3. The van der Waals surface area contributed by atoms with Crippen LogP contribution in [0, 0.1) is 6.92 Å². The minimum Gasteiger partial charge on any atom is -0.444 e. The third-order valence-corrected chi connectivity index (χ3v) is 4.65. The van der Waals surface area contributed by atoms with E-state index in [1.807, 2.05) is 33.8 Å². The molecule has 0 N–H and O–H groups in total. The second kappa shape index (κ2) is 7.65. The second-order valence-electron chi connectivity index (χ2n) is 7.60. The van der Waals surface area contributed by atoms with E-state index >= 15 is 0 Å². The summed E-state index contributed by atoms with van der Waals surface area (Å²) < 4.78 is 5.41. The molecule has 1 heterocycles. The molecule has 0 bridgehead atoms. The molecule has 1 saturated heterocycles. The Bertz CT molecular complexity index is 647. The Kier molecular flexibility index (Phi) is 5.99. The Hall–Kier alpha value is -1.75. The van der Waals surface area contributed by atoms with Crippen molar-refractivity contribution in [1.82, 2.24) is 9.80 Å². The maximum absolute atomic E-state index is 12.7. The summed E-state index contributed by atoms with van der Waals surface area (Å²) in [6.07, 6.45) is 1.16. The highest BCUT2D eigenvalue weighted by molar-refractivity contribution is 6.33. The van der Waals surface area contributed by atoms with Crippen LogP contribution in [0.4, 0.5) is 4.79 Å². The van der Waals surface area contributed by atoms with Crippen molar-refractivity contribution in [3.05, 3.63) is 34.3 Å². The number of rotatable bonds is 2. The summed E-state index contributed by atoms with van der Waals surface area (Å²) in [5.41, 5.74) is 1.04. The highest BCUT2D eigenvalue weighted by Crippen LogP contribution is 2.23. The first kappa shape index (κ1) is 19.6. The van der Waals surface area contributed by atoms with Crippen molar-refractivity contribution < 1.29 is 14.3 Å². The first-order chi connectivity index (χ1) is 11.6. The van der Waals surface area contributed by atoms with Gasteiger partial charge < -0.3 is 14.5 Å². The molecule has 0 aromatic heterocycles. The van der Waals surface area contributed by atoms with E-state index in [9.17, 15) is 9.59 Å². The van der Waals surface area contributed by atoms with Crippen molar-refractivity contribution in [3.63, 3.8) is 0 Å². The number of aryl methyl sites for hydroxylation is 1. The quantitative estimate of drug-likeness (QED) is 0.791. The number of halogens is 1. The molecular weight excluding hydrogens is 340 g/mol. The van der Waals surface area contributed by atoms with Crippen molar-refractivity contribution in [3.8, 4) is 0 Å². The molecule has 1 aliphatic rings. The number of carbonyl (C=O) groups excluding carboxylic acids is 2. The van der Waals surface area contributed by atoms with E-state index in [2.05, 4.69) is 0 Å². The van der Waals surface area contributed by atoms with Gasteiger partial charge in [-0.25, -0.2) is 4.79 Å². The highest BCUT2D eigenvalue weighted by Gasteiger charge is 2.30. The Morgan fingerprint density at radius 2 is 1.84 bits per heavy atom. The maximum atomic E-state index is 12.7. The van der Waals surface area contributed by atoms with Gasteiger partial charge >= 0.3 is 6.09 Å². The molecule has 6 heteroatoms. The topological polar surface area (TPSA) is 49.9 Å². The monoisotopic (exact) mass is 366 g/mol. The van der Waals surface area contributed by atoms with Crippen molar-refractivity contribution in [2.45, 2.75) is 52.2 Å². The largest absolute Gasteiger partial charge is 0.444 e. The normalized spacial score (nSPS) is 15.8. The van der Waals surface area contributed by atoms with E-state index in [0.29, 0.717) is 23.7 Å². The summed E-state index contributed by atoms with van der Waals surface area (Å²) in [5.74, 6) is -0.0827. The van der Waals surface area contributed by atoms with Crippen LogP contribution in [0.1, 0.15) is 49.5 Å². The van der Waals surface area contributed by atoms with Gasteiger partial charge in [-0.2, -0.15) is 0 Å². The van der Waals surface area contributed by atoms with Crippen LogP contribution in [0.25, 0.3) is 0 Å². The van der Waals surface area contributed by atoms with Crippen LogP contribution in [0.15, 0.2) is 18.2 Å². The van der Waals surface area contributed by atoms with Crippen LogP contribution in [0.5, 0.6) is 0 Å². The molecule has 2 amide bonds. The SMILES string of the molecule is Cc1ccc(C(=O)N(C)C2CCN(C(=O)OC(C)(C)C)CC2)c(Cl)c1. The molecule has 0 aliphatic carbocycles. The lowest BCUT2D eigenvalue weighted by atomic mass is 10.0. The lowest BCUT2D eigenvalue weighted by molar-refractivity contribution is 0.0160. The van der Waals surface area contributed by atoms with Gasteiger partial charge in [0.25, 0.3) is 5.91 Å².